The lowest BCUT2D eigenvalue weighted by molar-refractivity contribution is -0.118. The van der Waals surface area contributed by atoms with Crippen LogP contribution in [0.1, 0.15) is 18.4 Å². The Hall–Kier alpha value is -2.02. The van der Waals surface area contributed by atoms with Crippen molar-refractivity contribution in [1.29, 1.82) is 5.41 Å². The van der Waals surface area contributed by atoms with Crippen LogP contribution in [0.4, 0.5) is 0 Å². The lowest BCUT2D eigenvalue weighted by Crippen LogP contribution is -2.43. The molecule has 0 saturated heterocycles. The van der Waals surface area contributed by atoms with Crippen LogP contribution in [0, 0.1) is 5.41 Å². The summed E-state index contributed by atoms with van der Waals surface area (Å²) in [6.45, 7) is 0.610. The van der Waals surface area contributed by atoms with Crippen LogP contribution < -0.4 is 5.32 Å². The van der Waals surface area contributed by atoms with Gasteiger partial charge in [-0.3, -0.25) is 15.3 Å². The Morgan fingerprint density at radius 3 is 3.20 bits per heavy atom. The maximum absolute atomic E-state index is 12.1. The number of carbonyl (C=O) groups excluding carboxylic acids is 1. The molecule has 0 bridgehead atoms. The van der Waals surface area contributed by atoms with Gasteiger partial charge in [0.05, 0.1) is 17.7 Å². The zero-order chi connectivity index (χ0) is 13.7. The van der Waals surface area contributed by atoms with Crippen molar-refractivity contribution in [2.45, 2.75) is 18.1 Å². The number of nitrogens with one attached hydrogen (secondary N) is 3. The van der Waals surface area contributed by atoms with Crippen molar-refractivity contribution in [3.05, 3.63) is 34.9 Å². The van der Waals surface area contributed by atoms with Gasteiger partial charge in [0.2, 0.25) is 5.91 Å². The number of hydrogen-bond donors (Lipinski definition) is 3. The number of rotatable bonds is 1. The van der Waals surface area contributed by atoms with Gasteiger partial charge >= 0.3 is 0 Å². The Bertz CT molecular complexity index is 675. The Morgan fingerprint density at radius 1 is 1.50 bits per heavy atom. The summed E-state index contributed by atoms with van der Waals surface area (Å²) in [5.41, 5.74) is 2.72. The number of allylic oxidation sites excluding steroid dienone is 1. The van der Waals surface area contributed by atoms with Gasteiger partial charge in [0.1, 0.15) is 16.8 Å². The molecular weight excluding hydrogens is 276 g/mol. The van der Waals surface area contributed by atoms with Gasteiger partial charge in [-0.1, -0.05) is 0 Å². The quantitative estimate of drug-likeness (QED) is 0.728. The zero-order valence-electron chi connectivity index (χ0n) is 10.5. The smallest absolute Gasteiger partial charge is 0.243 e. The molecule has 1 amide bonds. The second-order valence-corrected chi connectivity index (χ2v) is 5.97. The van der Waals surface area contributed by atoms with Crippen LogP contribution >= 0.6 is 11.8 Å². The van der Waals surface area contributed by atoms with Gasteiger partial charge in [0.15, 0.2) is 0 Å². The summed E-state index contributed by atoms with van der Waals surface area (Å²) < 4.78 is 5.88. The molecule has 1 unspecified atom stereocenters. The fraction of sp³-hybridized carbons (Fsp3) is 0.308. The fourth-order valence-electron chi connectivity index (χ4n) is 2.75. The first kappa shape index (κ1) is 11.8. The predicted octanol–water partition coefficient (Wildman–Crippen LogP) is 1.41. The molecule has 1 atom stereocenters. The van der Waals surface area contributed by atoms with Gasteiger partial charge < -0.3 is 10.1 Å². The number of nitrogens with zero attached hydrogens (tertiary/aromatic N) is 1. The molecule has 0 saturated carbocycles. The zero-order valence-corrected chi connectivity index (χ0v) is 11.3. The van der Waals surface area contributed by atoms with Crippen molar-refractivity contribution in [3.63, 3.8) is 0 Å². The predicted molar refractivity (Wildman–Crippen MR) is 75.0 cm³/mol. The molecule has 20 heavy (non-hydrogen) atoms. The normalized spacial score (nSPS) is 25.3. The van der Waals surface area contributed by atoms with Crippen molar-refractivity contribution in [2.24, 2.45) is 0 Å². The maximum Gasteiger partial charge on any atom is 0.243 e. The average Bonchev–Trinajstić information content (AvgIpc) is 3.00. The molecule has 3 N–H and O–H groups in total. The molecule has 3 aliphatic heterocycles. The van der Waals surface area contributed by atoms with Gasteiger partial charge in [0, 0.05) is 22.9 Å². The molecule has 1 aromatic heterocycles. The topological polar surface area (TPSA) is 90.9 Å². The van der Waals surface area contributed by atoms with Crippen molar-refractivity contribution in [3.8, 4) is 0 Å². The third-order valence-corrected chi connectivity index (χ3v) is 4.98. The van der Waals surface area contributed by atoms with Gasteiger partial charge in [-0.15, -0.1) is 11.8 Å². The summed E-state index contributed by atoms with van der Waals surface area (Å²) in [5.74, 6) is 0.840. The minimum atomic E-state index is -0.308. The third-order valence-electron chi connectivity index (χ3n) is 3.64. The molecular formula is C13H12N4O2S. The molecule has 0 aliphatic carbocycles. The summed E-state index contributed by atoms with van der Waals surface area (Å²) in [6, 6.07) is 0. The highest BCUT2D eigenvalue weighted by atomic mass is 32.2. The van der Waals surface area contributed by atoms with Crippen molar-refractivity contribution < 1.29 is 9.53 Å². The maximum atomic E-state index is 12.1. The van der Waals surface area contributed by atoms with E-state index in [9.17, 15) is 4.79 Å². The van der Waals surface area contributed by atoms with E-state index in [1.807, 2.05) is 0 Å². The fourth-order valence-corrected chi connectivity index (χ4v) is 4.04. The number of hydrogen-bond acceptors (Lipinski definition) is 5. The molecule has 0 fully saturated rings. The lowest BCUT2D eigenvalue weighted by Gasteiger charge is -2.23. The number of aromatic amines is 1. The first-order valence-electron chi connectivity index (χ1n) is 6.42. The van der Waals surface area contributed by atoms with E-state index in [-0.39, 0.29) is 17.0 Å². The van der Waals surface area contributed by atoms with E-state index < -0.39 is 0 Å². The largest absolute Gasteiger partial charge is 0.492 e. The van der Waals surface area contributed by atoms with Crippen LogP contribution in [0.5, 0.6) is 0 Å². The van der Waals surface area contributed by atoms with Crippen LogP contribution in [0.2, 0.25) is 0 Å². The van der Waals surface area contributed by atoms with Crippen molar-refractivity contribution >= 4 is 28.4 Å². The molecule has 3 aliphatic rings. The number of H-pyrrole nitrogens is 1. The van der Waals surface area contributed by atoms with E-state index in [1.165, 1.54) is 11.8 Å². The SMILES string of the molecule is N=C1NC(=O)C2SC(c3cn[nH]c3)=C3OCCCC1=C32. The first-order valence-corrected chi connectivity index (χ1v) is 7.30. The van der Waals surface area contributed by atoms with Crippen LogP contribution in [0.3, 0.4) is 0 Å². The second-order valence-electron chi connectivity index (χ2n) is 4.85. The Balaban J connectivity index is 1.93. The van der Waals surface area contributed by atoms with Gasteiger partial charge in [0.25, 0.3) is 0 Å². The van der Waals surface area contributed by atoms with E-state index in [4.69, 9.17) is 10.1 Å². The van der Waals surface area contributed by atoms with Gasteiger partial charge in [-0.05, 0) is 12.8 Å². The van der Waals surface area contributed by atoms with E-state index in [0.29, 0.717) is 6.61 Å². The summed E-state index contributed by atoms with van der Waals surface area (Å²) in [7, 11) is 0. The highest BCUT2D eigenvalue weighted by molar-refractivity contribution is 8.10. The van der Waals surface area contributed by atoms with Gasteiger partial charge in [-0.25, -0.2) is 0 Å². The molecule has 4 rings (SSSR count). The Labute approximate surface area is 119 Å². The summed E-state index contributed by atoms with van der Waals surface area (Å²) in [4.78, 5) is 13.1. The molecule has 7 heteroatoms. The van der Waals surface area contributed by atoms with E-state index in [1.54, 1.807) is 12.4 Å². The molecule has 4 heterocycles. The number of amides is 1. The van der Waals surface area contributed by atoms with Crippen LogP contribution in [0.15, 0.2) is 29.3 Å². The highest BCUT2D eigenvalue weighted by Crippen LogP contribution is 2.51. The van der Waals surface area contributed by atoms with Crippen molar-refractivity contribution in [2.75, 3.05) is 6.61 Å². The molecule has 102 valence electrons. The monoisotopic (exact) mass is 288 g/mol. The standard InChI is InChI=1S/C13H12N4O2S/c14-12-7-2-1-3-19-9-8(7)11(13(18)17-12)20-10(9)6-4-15-16-5-6/h4-5,11H,1-3H2,(H,15,16)(H2,14,17,18). The Morgan fingerprint density at radius 2 is 2.40 bits per heavy atom. The van der Waals surface area contributed by atoms with Crippen LogP contribution in [-0.2, 0) is 9.53 Å². The molecule has 0 aromatic carbocycles. The molecule has 1 aromatic rings. The summed E-state index contributed by atoms with van der Waals surface area (Å²) in [6.07, 6.45) is 5.15. The summed E-state index contributed by atoms with van der Waals surface area (Å²) >= 11 is 1.48. The van der Waals surface area contributed by atoms with Crippen LogP contribution in [0.25, 0.3) is 4.91 Å². The average molecular weight is 288 g/mol. The van der Waals surface area contributed by atoms with E-state index >= 15 is 0 Å². The van der Waals surface area contributed by atoms with E-state index in [2.05, 4.69) is 15.5 Å². The number of ether oxygens (including phenoxy) is 1. The summed E-state index contributed by atoms with van der Waals surface area (Å²) in [5, 5.41) is 17.1. The number of amidine groups is 1. The minimum Gasteiger partial charge on any atom is -0.492 e. The molecule has 0 spiro atoms. The third kappa shape index (κ3) is 1.56. The second kappa shape index (κ2) is 4.24. The first-order chi connectivity index (χ1) is 9.75. The lowest BCUT2D eigenvalue weighted by atomic mass is 9.94. The number of thioether (sulfide) groups is 1. The number of carbonyl (C=O) groups is 1. The highest BCUT2D eigenvalue weighted by Gasteiger charge is 2.44. The Kier molecular flexibility index (Phi) is 2.50. The molecule has 6 nitrogen and oxygen atoms in total. The van der Waals surface area contributed by atoms with E-state index in [0.717, 1.165) is 40.2 Å². The van der Waals surface area contributed by atoms with Crippen molar-refractivity contribution in [1.82, 2.24) is 15.5 Å². The van der Waals surface area contributed by atoms with Crippen LogP contribution in [-0.4, -0.2) is 33.8 Å². The van der Waals surface area contributed by atoms with Gasteiger partial charge in [-0.2, -0.15) is 5.10 Å². The number of aromatic nitrogens is 2. The molecule has 0 radical (unpaired) electrons. The minimum absolute atomic E-state index is 0.139.